The number of halogens is 1. The first-order chi connectivity index (χ1) is 9.36. The Labute approximate surface area is 114 Å². The fraction of sp³-hybridized carbons (Fsp3) is 0.417. The SMILES string of the molecule is CCC(NCC(=O)O)C(O)c1ccc(F)c([N+](=O)[O-])c1. The first kappa shape index (κ1) is 16.0. The molecule has 0 amide bonds. The zero-order valence-corrected chi connectivity index (χ0v) is 10.7. The van der Waals surface area contributed by atoms with Crippen molar-refractivity contribution in [1.29, 1.82) is 0 Å². The maximum Gasteiger partial charge on any atom is 0.317 e. The van der Waals surface area contributed by atoms with E-state index in [2.05, 4.69) is 5.32 Å². The molecule has 1 rings (SSSR count). The van der Waals surface area contributed by atoms with Crippen LogP contribution >= 0.6 is 0 Å². The fourth-order valence-electron chi connectivity index (χ4n) is 1.78. The number of hydrogen-bond acceptors (Lipinski definition) is 5. The van der Waals surface area contributed by atoms with E-state index in [4.69, 9.17) is 5.11 Å². The minimum absolute atomic E-state index is 0.155. The second-order valence-corrected chi connectivity index (χ2v) is 4.20. The fourth-order valence-corrected chi connectivity index (χ4v) is 1.78. The third-order valence-electron chi connectivity index (χ3n) is 2.84. The van der Waals surface area contributed by atoms with Crippen molar-refractivity contribution in [3.05, 3.63) is 39.7 Å². The molecule has 20 heavy (non-hydrogen) atoms. The minimum atomic E-state index is -1.17. The lowest BCUT2D eigenvalue weighted by Crippen LogP contribution is -2.37. The summed E-state index contributed by atoms with van der Waals surface area (Å²) in [5.74, 6) is -2.07. The Balaban J connectivity index is 2.94. The van der Waals surface area contributed by atoms with Crippen LogP contribution < -0.4 is 5.32 Å². The molecule has 0 aliphatic carbocycles. The Morgan fingerprint density at radius 2 is 2.20 bits per heavy atom. The summed E-state index contributed by atoms with van der Waals surface area (Å²) in [4.78, 5) is 20.2. The standard InChI is InChI=1S/C12H15FN2O5/c1-2-9(14-6-11(16)17)12(18)7-3-4-8(13)10(5-7)15(19)20/h3-5,9,12,14,18H,2,6H2,1H3,(H,16,17). The van der Waals surface area contributed by atoms with Crippen molar-refractivity contribution >= 4 is 11.7 Å². The predicted molar refractivity (Wildman–Crippen MR) is 67.7 cm³/mol. The van der Waals surface area contributed by atoms with Gasteiger partial charge < -0.3 is 15.5 Å². The number of carboxylic acids is 1. The zero-order chi connectivity index (χ0) is 15.3. The molecule has 0 heterocycles. The highest BCUT2D eigenvalue weighted by Gasteiger charge is 2.23. The maximum absolute atomic E-state index is 13.2. The number of benzene rings is 1. The second-order valence-electron chi connectivity index (χ2n) is 4.20. The summed E-state index contributed by atoms with van der Waals surface area (Å²) >= 11 is 0. The van der Waals surface area contributed by atoms with Gasteiger partial charge in [0.05, 0.1) is 17.6 Å². The summed E-state index contributed by atoms with van der Waals surface area (Å²) in [5.41, 5.74) is -0.572. The number of carboxylic acid groups (broad SMARTS) is 1. The summed E-state index contributed by atoms with van der Waals surface area (Å²) in [6, 6.07) is 2.49. The van der Waals surface area contributed by atoms with Gasteiger partial charge >= 0.3 is 11.7 Å². The molecule has 0 saturated carbocycles. The number of nitro groups is 1. The lowest BCUT2D eigenvalue weighted by molar-refractivity contribution is -0.387. The van der Waals surface area contributed by atoms with E-state index in [1.54, 1.807) is 6.92 Å². The molecule has 1 aromatic carbocycles. The summed E-state index contributed by atoms with van der Waals surface area (Å²) in [5, 5.41) is 31.9. The topological polar surface area (TPSA) is 113 Å². The average molecular weight is 286 g/mol. The lowest BCUT2D eigenvalue weighted by Gasteiger charge is -2.22. The molecule has 7 nitrogen and oxygen atoms in total. The molecule has 1 aromatic rings. The predicted octanol–water partition coefficient (Wildman–Crippen LogP) is 1.22. The molecule has 2 unspecified atom stereocenters. The quantitative estimate of drug-likeness (QED) is 0.513. The van der Waals surface area contributed by atoms with Crippen LogP contribution in [0.1, 0.15) is 25.0 Å². The van der Waals surface area contributed by atoms with E-state index >= 15 is 0 Å². The van der Waals surface area contributed by atoms with Crippen LogP contribution in [0.4, 0.5) is 10.1 Å². The van der Waals surface area contributed by atoms with Crippen LogP contribution in [0.15, 0.2) is 18.2 Å². The van der Waals surface area contributed by atoms with Crippen molar-refractivity contribution in [3.8, 4) is 0 Å². The zero-order valence-electron chi connectivity index (χ0n) is 10.7. The van der Waals surface area contributed by atoms with Gasteiger partial charge in [-0.3, -0.25) is 14.9 Å². The monoisotopic (exact) mass is 286 g/mol. The van der Waals surface area contributed by atoms with Crippen molar-refractivity contribution in [2.75, 3.05) is 6.54 Å². The number of nitrogens with zero attached hydrogens (tertiary/aromatic N) is 1. The van der Waals surface area contributed by atoms with Crippen LogP contribution in [-0.2, 0) is 4.79 Å². The molecule has 0 fully saturated rings. The number of aliphatic carboxylic acids is 1. The molecular formula is C12H15FN2O5. The number of nitro benzene ring substituents is 1. The number of hydrogen-bond donors (Lipinski definition) is 3. The molecule has 0 aliphatic heterocycles. The van der Waals surface area contributed by atoms with E-state index in [1.807, 2.05) is 0 Å². The average Bonchev–Trinajstić information content (AvgIpc) is 2.39. The van der Waals surface area contributed by atoms with E-state index in [0.29, 0.717) is 6.42 Å². The van der Waals surface area contributed by atoms with Gasteiger partial charge in [-0.15, -0.1) is 0 Å². The molecule has 2 atom stereocenters. The van der Waals surface area contributed by atoms with Crippen molar-refractivity contribution in [1.82, 2.24) is 5.32 Å². The van der Waals surface area contributed by atoms with Gasteiger partial charge in [0.25, 0.3) is 0 Å². The number of nitrogens with one attached hydrogen (secondary N) is 1. The van der Waals surface area contributed by atoms with Gasteiger partial charge in [0.15, 0.2) is 0 Å². The largest absolute Gasteiger partial charge is 0.480 e. The number of aliphatic hydroxyl groups excluding tert-OH is 1. The third-order valence-corrected chi connectivity index (χ3v) is 2.84. The smallest absolute Gasteiger partial charge is 0.317 e. The Morgan fingerprint density at radius 3 is 2.70 bits per heavy atom. The molecule has 0 aliphatic rings. The molecule has 8 heteroatoms. The molecule has 3 N–H and O–H groups in total. The first-order valence-electron chi connectivity index (χ1n) is 5.93. The van der Waals surface area contributed by atoms with Gasteiger partial charge in [0.1, 0.15) is 0 Å². The van der Waals surface area contributed by atoms with E-state index in [1.165, 1.54) is 6.07 Å². The lowest BCUT2D eigenvalue weighted by atomic mass is 9.99. The van der Waals surface area contributed by atoms with Crippen LogP contribution in [-0.4, -0.2) is 33.7 Å². The third kappa shape index (κ3) is 3.97. The molecule has 110 valence electrons. The van der Waals surface area contributed by atoms with E-state index in [-0.39, 0.29) is 12.1 Å². The molecule has 0 bridgehead atoms. The summed E-state index contributed by atoms with van der Waals surface area (Å²) in [6.07, 6.45) is -0.766. The summed E-state index contributed by atoms with van der Waals surface area (Å²) < 4.78 is 13.2. The van der Waals surface area contributed by atoms with Crippen molar-refractivity contribution in [2.24, 2.45) is 0 Å². The highest BCUT2D eigenvalue weighted by molar-refractivity contribution is 5.69. The second kappa shape index (κ2) is 6.92. The van der Waals surface area contributed by atoms with E-state index < -0.39 is 34.5 Å². The molecule has 0 radical (unpaired) electrons. The number of carbonyl (C=O) groups is 1. The molecule has 0 saturated heterocycles. The van der Waals surface area contributed by atoms with Gasteiger partial charge in [0, 0.05) is 12.1 Å². The van der Waals surface area contributed by atoms with Crippen LogP contribution in [0.25, 0.3) is 0 Å². The van der Waals surface area contributed by atoms with Gasteiger partial charge in [-0.25, -0.2) is 0 Å². The minimum Gasteiger partial charge on any atom is -0.480 e. The van der Waals surface area contributed by atoms with E-state index in [9.17, 15) is 24.4 Å². The van der Waals surface area contributed by atoms with Crippen molar-refractivity contribution in [3.63, 3.8) is 0 Å². The number of rotatable bonds is 7. The molecule has 0 aromatic heterocycles. The maximum atomic E-state index is 13.2. The Bertz CT molecular complexity index is 509. The molecular weight excluding hydrogens is 271 g/mol. The highest BCUT2D eigenvalue weighted by Crippen LogP contribution is 2.25. The van der Waals surface area contributed by atoms with Crippen molar-refractivity contribution in [2.45, 2.75) is 25.5 Å². The van der Waals surface area contributed by atoms with Crippen molar-refractivity contribution < 1.29 is 24.3 Å². The Hall–Kier alpha value is -2.06. The van der Waals surface area contributed by atoms with Gasteiger partial charge in [-0.05, 0) is 18.1 Å². The number of aliphatic hydroxyl groups is 1. The highest BCUT2D eigenvalue weighted by atomic mass is 19.1. The summed E-state index contributed by atoms with van der Waals surface area (Å²) in [6.45, 7) is 1.37. The van der Waals surface area contributed by atoms with E-state index in [0.717, 1.165) is 12.1 Å². The van der Waals surface area contributed by atoms with Crippen LogP contribution in [0.3, 0.4) is 0 Å². The van der Waals surface area contributed by atoms with Crippen LogP contribution in [0.5, 0.6) is 0 Å². The van der Waals surface area contributed by atoms with Crippen LogP contribution in [0, 0.1) is 15.9 Å². The molecule has 0 spiro atoms. The Kier molecular flexibility index (Phi) is 5.53. The van der Waals surface area contributed by atoms with Gasteiger partial charge in [-0.1, -0.05) is 13.0 Å². The van der Waals surface area contributed by atoms with Crippen LogP contribution in [0.2, 0.25) is 0 Å². The normalized spacial score (nSPS) is 13.8. The van der Waals surface area contributed by atoms with Gasteiger partial charge in [-0.2, -0.15) is 4.39 Å². The summed E-state index contributed by atoms with van der Waals surface area (Å²) in [7, 11) is 0. The first-order valence-corrected chi connectivity index (χ1v) is 5.93. The van der Waals surface area contributed by atoms with Gasteiger partial charge in [0.2, 0.25) is 5.82 Å². The Morgan fingerprint density at radius 1 is 1.55 bits per heavy atom.